The van der Waals surface area contributed by atoms with E-state index in [2.05, 4.69) is 15.2 Å². The highest BCUT2D eigenvalue weighted by molar-refractivity contribution is 6.37. The number of aryl methyl sites for hydroxylation is 1. The number of nitrogens with one attached hydrogen (secondary N) is 2. The average molecular weight is 234 g/mol. The number of aromatic amines is 2. The molecule has 2 aromatic heterocycles. The zero-order chi connectivity index (χ0) is 11.3. The number of aromatic nitrogens is 3. The Bertz CT molecular complexity index is 757. The average Bonchev–Trinajstić information content (AvgIpc) is 2.61. The van der Waals surface area contributed by atoms with Crippen molar-refractivity contribution >= 4 is 33.4 Å². The number of hydrogen-bond donors (Lipinski definition) is 2. The standard InChI is InChI=1S/C11H8ClN3O/c1-5-8-10(15-14-5)9-6(12)3-2-4-7(9)13-11(8)16/h2-4H,1H3,(H,13,16)(H,14,15). The van der Waals surface area contributed by atoms with Crippen molar-refractivity contribution in [2.24, 2.45) is 0 Å². The largest absolute Gasteiger partial charge is 0.321 e. The van der Waals surface area contributed by atoms with Crippen LogP contribution in [0.15, 0.2) is 23.0 Å². The first-order valence-corrected chi connectivity index (χ1v) is 5.21. The Hall–Kier alpha value is -1.81. The summed E-state index contributed by atoms with van der Waals surface area (Å²) < 4.78 is 0. The molecule has 0 amide bonds. The lowest BCUT2D eigenvalue weighted by Gasteiger charge is -2.00. The molecule has 0 saturated heterocycles. The Balaban J connectivity index is 2.73. The summed E-state index contributed by atoms with van der Waals surface area (Å²) in [6.07, 6.45) is 0. The fourth-order valence-corrected chi connectivity index (χ4v) is 2.21. The third-order valence-corrected chi connectivity index (χ3v) is 2.99. The SMILES string of the molecule is Cc1[nH]nc2c1c(=O)[nH]c1cccc(Cl)c12. The molecule has 0 saturated carbocycles. The molecule has 16 heavy (non-hydrogen) atoms. The van der Waals surface area contributed by atoms with E-state index in [1.165, 1.54) is 0 Å². The van der Waals surface area contributed by atoms with Crippen LogP contribution < -0.4 is 5.56 Å². The van der Waals surface area contributed by atoms with Gasteiger partial charge >= 0.3 is 0 Å². The first kappa shape index (κ1) is 9.42. The van der Waals surface area contributed by atoms with E-state index in [1.54, 1.807) is 12.1 Å². The van der Waals surface area contributed by atoms with Crippen LogP contribution in [0.5, 0.6) is 0 Å². The Morgan fingerprint density at radius 1 is 1.31 bits per heavy atom. The van der Waals surface area contributed by atoms with Crippen molar-refractivity contribution in [2.75, 3.05) is 0 Å². The molecular weight excluding hydrogens is 226 g/mol. The number of hydrogen-bond acceptors (Lipinski definition) is 2. The second kappa shape index (κ2) is 3.09. The Morgan fingerprint density at radius 3 is 2.94 bits per heavy atom. The Morgan fingerprint density at radius 2 is 2.12 bits per heavy atom. The van der Waals surface area contributed by atoms with Gasteiger partial charge in [0.1, 0.15) is 5.52 Å². The molecule has 0 spiro atoms. The zero-order valence-corrected chi connectivity index (χ0v) is 9.22. The van der Waals surface area contributed by atoms with E-state index in [1.807, 2.05) is 13.0 Å². The quantitative estimate of drug-likeness (QED) is 0.626. The highest BCUT2D eigenvalue weighted by Gasteiger charge is 2.12. The number of fused-ring (bicyclic) bond motifs is 3. The van der Waals surface area contributed by atoms with Crippen molar-refractivity contribution in [1.29, 1.82) is 0 Å². The molecule has 0 aliphatic rings. The highest BCUT2D eigenvalue weighted by Crippen LogP contribution is 2.27. The van der Waals surface area contributed by atoms with Crippen LogP contribution in [0.4, 0.5) is 0 Å². The van der Waals surface area contributed by atoms with E-state index < -0.39 is 0 Å². The maximum Gasteiger partial charge on any atom is 0.259 e. The van der Waals surface area contributed by atoms with Crippen LogP contribution in [-0.4, -0.2) is 15.2 Å². The van der Waals surface area contributed by atoms with E-state index in [9.17, 15) is 4.79 Å². The van der Waals surface area contributed by atoms with Gasteiger partial charge in [0.2, 0.25) is 0 Å². The zero-order valence-electron chi connectivity index (χ0n) is 8.47. The smallest absolute Gasteiger partial charge is 0.259 e. The van der Waals surface area contributed by atoms with Crippen molar-refractivity contribution in [2.45, 2.75) is 6.92 Å². The molecule has 80 valence electrons. The first-order chi connectivity index (χ1) is 7.68. The minimum atomic E-state index is -0.143. The van der Waals surface area contributed by atoms with Gasteiger partial charge in [-0.3, -0.25) is 9.89 Å². The van der Waals surface area contributed by atoms with E-state index in [-0.39, 0.29) is 5.56 Å². The molecule has 0 bridgehead atoms. The van der Waals surface area contributed by atoms with Gasteiger partial charge in [-0.1, -0.05) is 17.7 Å². The molecular formula is C11H8ClN3O. The van der Waals surface area contributed by atoms with Crippen LogP contribution in [0.25, 0.3) is 21.8 Å². The predicted octanol–water partition coefficient (Wildman–Crippen LogP) is 2.37. The van der Waals surface area contributed by atoms with E-state index >= 15 is 0 Å². The van der Waals surface area contributed by atoms with Gasteiger partial charge in [0, 0.05) is 11.1 Å². The summed E-state index contributed by atoms with van der Waals surface area (Å²) in [5.41, 5.74) is 1.94. The highest BCUT2D eigenvalue weighted by atomic mass is 35.5. The van der Waals surface area contributed by atoms with E-state index in [0.717, 1.165) is 11.1 Å². The molecule has 0 radical (unpaired) electrons. The maximum absolute atomic E-state index is 11.8. The second-order valence-electron chi connectivity index (χ2n) is 3.69. The van der Waals surface area contributed by atoms with Gasteiger partial charge in [0.25, 0.3) is 5.56 Å². The number of benzene rings is 1. The van der Waals surface area contributed by atoms with E-state index in [0.29, 0.717) is 21.4 Å². The molecule has 0 fully saturated rings. The molecule has 0 unspecified atom stereocenters. The third-order valence-electron chi connectivity index (χ3n) is 2.67. The molecule has 2 N–H and O–H groups in total. The van der Waals surface area contributed by atoms with Crippen LogP contribution >= 0.6 is 11.6 Å². The van der Waals surface area contributed by atoms with Crippen LogP contribution in [0, 0.1) is 6.92 Å². The molecule has 5 heteroatoms. The van der Waals surface area contributed by atoms with Crippen molar-refractivity contribution in [1.82, 2.24) is 15.2 Å². The minimum absolute atomic E-state index is 0.143. The van der Waals surface area contributed by atoms with Crippen LogP contribution in [0.2, 0.25) is 5.02 Å². The lowest BCUT2D eigenvalue weighted by atomic mass is 10.1. The summed E-state index contributed by atoms with van der Waals surface area (Å²) >= 11 is 6.12. The number of H-pyrrole nitrogens is 2. The van der Waals surface area contributed by atoms with Gasteiger partial charge in [-0.25, -0.2) is 0 Å². The van der Waals surface area contributed by atoms with Gasteiger partial charge < -0.3 is 4.98 Å². The molecule has 2 heterocycles. The fraction of sp³-hybridized carbons (Fsp3) is 0.0909. The van der Waals surface area contributed by atoms with Gasteiger partial charge in [-0.2, -0.15) is 5.10 Å². The fourth-order valence-electron chi connectivity index (χ4n) is 1.94. The third kappa shape index (κ3) is 1.10. The first-order valence-electron chi connectivity index (χ1n) is 4.83. The molecule has 0 aliphatic heterocycles. The van der Waals surface area contributed by atoms with Crippen molar-refractivity contribution in [3.8, 4) is 0 Å². The summed E-state index contributed by atoms with van der Waals surface area (Å²) in [6.45, 7) is 1.81. The summed E-state index contributed by atoms with van der Waals surface area (Å²) in [4.78, 5) is 14.6. The lowest BCUT2D eigenvalue weighted by molar-refractivity contribution is 1.07. The van der Waals surface area contributed by atoms with Crippen LogP contribution in [0.3, 0.4) is 0 Å². The Kier molecular flexibility index (Phi) is 1.82. The lowest BCUT2D eigenvalue weighted by Crippen LogP contribution is -2.06. The predicted molar refractivity (Wildman–Crippen MR) is 64.0 cm³/mol. The van der Waals surface area contributed by atoms with Gasteiger partial charge in [0.05, 0.1) is 15.9 Å². The van der Waals surface area contributed by atoms with Gasteiger partial charge in [-0.15, -0.1) is 0 Å². The normalized spacial score (nSPS) is 11.4. The number of pyridine rings is 1. The number of rotatable bonds is 0. The molecule has 0 aliphatic carbocycles. The maximum atomic E-state index is 11.8. The number of nitrogens with zero attached hydrogens (tertiary/aromatic N) is 1. The topological polar surface area (TPSA) is 61.5 Å². The van der Waals surface area contributed by atoms with Gasteiger partial charge in [0.15, 0.2) is 0 Å². The van der Waals surface area contributed by atoms with Crippen LogP contribution in [0.1, 0.15) is 5.69 Å². The van der Waals surface area contributed by atoms with Gasteiger partial charge in [-0.05, 0) is 19.1 Å². The second-order valence-corrected chi connectivity index (χ2v) is 4.10. The van der Waals surface area contributed by atoms with Crippen molar-refractivity contribution in [3.05, 3.63) is 39.3 Å². The number of halogens is 1. The van der Waals surface area contributed by atoms with Crippen molar-refractivity contribution in [3.63, 3.8) is 0 Å². The Labute approximate surface area is 95.2 Å². The monoisotopic (exact) mass is 233 g/mol. The van der Waals surface area contributed by atoms with E-state index in [4.69, 9.17) is 11.6 Å². The van der Waals surface area contributed by atoms with Crippen molar-refractivity contribution < 1.29 is 0 Å². The molecule has 0 atom stereocenters. The molecule has 3 rings (SSSR count). The molecule has 4 nitrogen and oxygen atoms in total. The summed E-state index contributed by atoms with van der Waals surface area (Å²) in [7, 11) is 0. The summed E-state index contributed by atoms with van der Waals surface area (Å²) in [5.74, 6) is 0. The molecule has 3 aromatic rings. The van der Waals surface area contributed by atoms with Crippen LogP contribution in [-0.2, 0) is 0 Å². The summed E-state index contributed by atoms with van der Waals surface area (Å²) in [5, 5.41) is 8.89. The summed E-state index contributed by atoms with van der Waals surface area (Å²) in [6, 6.07) is 5.39. The molecule has 1 aromatic carbocycles. The minimum Gasteiger partial charge on any atom is -0.321 e.